The van der Waals surface area contributed by atoms with E-state index < -0.39 is 22.4 Å². The fraction of sp³-hybridized carbons (Fsp3) is 0.154. The molecule has 0 spiro atoms. The van der Waals surface area contributed by atoms with Crippen LogP contribution in [0.5, 0.6) is 5.75 Å². The highest BCUT2D eigenvalue weighted by atomic mass is 19.1. The zero-order valence-corrected chi connectivity index (χ0v) is 10.8. The van der Waals surface area contributed by atoms with Crippen LogP contribution in [-0.4, -0.2) is 16.0 Å². The van der Waals surface area contributed by atoms with Crippen molar-refractivity contribution in [2.75, 3.05) is 0 Å². The van der Waals surface area contributed by atoms with Crippen molar-refractivity contribution in [3.8, 4) is 5.75 Å². The molecule has 0 aliphatic heterocycles. The molecule has 110 valence electrons. The molecule has 0 aliphatic carbocycles. The van der Waals surface area contributed by atoms with E-state index in [0.29, 0.717) is 5.56 Å². The van der Waals surface area contributed by atoms with Crippen molar-refractivity contribution in [1.29, 1.82) is 0 Å². The Bertz CT molecular complexity index is 709. The van der Waals surface area contributed by atoms with E-state index in [-0.39, 0.29) is 23.9 Å². The number of furan rings is 1. The Kier molecular flexibility index (Phi) is 3.88. The Morgan fingerprint density at radius 3 is 2.76 bits per heavy atom. The summed E-state index contributed by atoms with van der Waals surface area (Å²) in [5.74, 6) is -2.12. The molecule has 1 aromatic heterocycles. The molecule has 1 heterocycles. The Hall–Kier alpha value is -2.90. The molecule has 2 rings (SSSR count). The summed E-state index contributed by atoms with van der Waals surface area (Å²) in [4.78, 5) is 20.8. The van der Waals surface area contributed by atoms with Gasteiger partial charge in [0.2, 0.25) is 5.76 Å². The first kappa shape index (κ1) is 14.5. The lowest BCUT2D eigenvalue weighted by Crippen LogP contribution is -1.99. The molecule has 0 radical (unpaired) electrons. The lowest BCUT2D eigenvalue weighted by atomic mass is 10.2. The molecule has 1 aromatic carbocycles. The summed E-state index contributed by atoms with van der Waals surface area (Å²) in [6.45, 7) is 1.34. The van der Waals surface area contributed by atoms with Gasteiger partial charge in [0.15, 0.2) is 5.75 Å². The van der Waals surface area contributed by atoms with Gasteiger partial charge in [-0.3, -0.25) is 10.1 Å². The van der Waals surface area contributed by atoms with Crippen LogP contribution in [0.2, 0.25) is 0 Å². The fourth-order valence-electron chi connectivity index (χ4n) is 1.74. The van der Waals surface area contributed by atoms with Crippen molar-refractivity contribution in [3.05, 3.63) is 57.3 Å². The molecule has 0 atom stereocenters. The summed E-state index contributed by atoms with van der Waals surface area (Å²) < 4.78 is 23.2. The molecule has 21 heavy (non-hydrogen) atoms. The maximum atomic E-state index is 13.0. The van der Waals surface area contributed by atoms with Crippen molar-refractivity contribution < 1.29 is 28.4 Å². The highest BCUT2D eigenvalue weighted by Gasteiger charge is 2.18. The molecule has 0 saturated carbocycles. The predicted octanol–water partition coefficient (Wildman–Crippen LogP) is 2.91. The van der Waals surface area contributed by atoms with E-state index in [1.54, 1.807) is 6.92 Å². The highest BCUT2D eigenvalue weighted by Crippen LogP contribution is 2.28. The van der Waals surface area contributed by atoms with E-state index in [9.17, 15) is 19.3 Å². The largest absolute Gasteiger partial charge is 0.479 e. The number of carboxylic acids is 1. The molecule has 0 unspecified atom stereocenters. The number of carbonyl (C=O) groups is 1. The first-order valence-electron chi connectivity index (χ1n) is 5.78. The molecular weight excluding hydrogens is 285 g/mol. The van der Waals surface area contributed by atoms with E-state index in [4.69, 9.17) is 14.3 Å². The van der Waals surface area contributed by atoms with Crippen LogP contribution in [0.25, 0.3) is 0 Å². The van der Waals surface area contributed by atoms with E-state index in [0.717, 1.165) is 18.2 Å². The van der Waals surface area contributed by atoms with Crippen LogP contribution in [0, 0.1) is 22.9 Å². The first-order valence-corrected chi connectivity index (χ1v) is 5.78. The van der Waals surface area contributed by atoms with Crippen molar-refractivity contribution in [3.63, 3.8) is 0 Å². The van der Waals surface area contributed by atoms with E-state index in [1.807, 2.05) is 0 Å². The summed E-state index contributed by atoms with van der Waals surface area (Å²) in [5, 5.41) is 19.6. The molecule has 8 heteroatoms. The van der Waals surface area contributed by atoms with Gasteiger partial charge in [-0.2, -0.15) is 0 Å². The van der Waals surface area contributed by atoms with Gasteiger partial charge < -0.3 is 14.3 Å². The summed E-state index contributed by atoms with van der Waals surface area (Å²) in [5.41, 5.74) is -0.105. The van der Waals surface area contributed by atoms with Gasteiger partial charge in [-0.15, -0.1) is 0 Å². The number of rotatable bonds is 5. The monoisotopic (exact) mass is 295 g/mol. The Labute approximate surface area is 117 Å². The summed E-state index contributed by atoms with van der Waals surface area (Å²) >= 11 is 0. The van der Waals surface area contributed by atoms with Gasteiger partial charge in [-0.05, 0) is 25.1 Å². The normalized spacial score (nSPS) is 10.4. The second-order valence-corrected chi connectivity index (χ2v) is 4.19. The number of hydrogen-bond acceptors (Lipinski definition) is 5. The number of hydrogen-bond donors (Lipinski definition) is 1. The Balaban J connectivity index is 2.19. The van der Waals surface area contributed by atoms with Crippen molar-refractivity contribution in [1.82, 2.24) is 0 Å². The van der Waals surface area contributed by atoms with Crippen molar-refractivity contribution in [2.45, 2.75) is 13.5 Å². The standard InChI is InChI=1S/C13H10FNO6/c1-7-4-9(21-12(7)13(16)17)6-20-11-3-2-8(14)5-10(11)15(18)19/h2-5H,6H2,1H3,(H,16,17). The number of nitro benzene ring substituents is 1. The highest BCUT2D eigenvalue weighted by molar-refractivity contribution is 5.86. The maximum Gasteiger partial charge on any atom is 0.372 e. The quantitative estimate of drug-likeness (QED) is 0.672. The predicted molar refractivity (Wildman–Crippen MR) is 67.8 cm³/mol. The Morgan fingerprint density at radius 2 is 2.19 bits per heavy atom. The molecule has 1 N–H and O–H groups in total. The van der Waals surface area contributed by atoms with Gasteiger partial charge in [-0.1, -0.05) is 0 Å². The smallest absolute Gasteiger partial charge is 0.372 e. The number of halogens is 1. The van der Waals surface area contributed by atoms with Crippen molar-refractivity contribution in [2.24, 2.45) is 0 Å². The van der Waals surface area contributed by atoms with E-state index in [2.05, 4.69) is 0 Å². The van der Waals surface area contributed by atoms with Crippen LogP contribution in [-0.2, 0) is 6.61 Å². The average molecular weight is 295 g/mol. The summed E-state index contributed by atoms with van der Waals surface area (Å²) in [6, 6.07) is 4.35. The molecule has 0 bridgehead atoms. The number of carboxylic acid groups (broad SMARTS) is 1. The van der Waals surface area contributed by atoms with Gasteiger partial charge in [0.25, 0.3) is 0 Å². The van der Waals surface area contributed by atoms with Gasteiger partial charge in [0.1, 0.15) is 18.2 Å². The SMILES string of the molecule is Cc1cc(COc2ccc(F)cc2[N+](=O)[O-])oc1C(=O)O. The number of benzene rings is 1. The minimum Gasteiger partial charge on any atom is -0.479 e. The fourth-order valence-corrected chi connectivity index (χ4v) is 1.74. The number of aryl methyl sites for hydroxylation is 1. The second kappa shape index (κ2) is 5.61. The van der Waals surface area contributed by atoms with Gasteiger partial charge in [0.05, 0.1) is 11.0 Å². The maximum absolute atomic E-state index is 13.0. The summed E-state index contributed by atoms with van der Waals surface area (Å²) in [6.07, 6.45) is 0. The van der Waals surface area contributed by atoms with E-state index >= 15 is 0 Å². The summed E-state index contributed by atoms with van der Waals surface area (Å²) in [7, 11) is 0. The van der Waals surface area contributed by atoms with Crippen molar-refractivity contribution >= 4 is 11.7 Å². The molecule has 0 amide bonds. The third-order valence-corrected chi connectivity index (χ3v) is 2.65. The number of nitro groups is 1. The second-order valence-electron chi connectivity index (χ2n) is 4.19. The zero-order valence-electron chi connectivity index (χ0n) is 10.8. The topological polar surface area (TPSA) is 103 Å². The van der Waals surface area contributed by atoms with Gasteiger partial charge in [-0.25, -0.2) is 9.18 Å². The number of ether oxygens (including phenoxy) is 1. The third kappa shape index (κ3) is 3.16. The van der Waals surface area contributed by atoms with Gasteiger partial charge in [0, 0.05) is 5.56 Å². The van der Waals surface area contributed by atoms with Gasteiger partial charge >= 0.3 is 11.7 Å². The molecular formula is C13H10FNO6. The number of nitrogens with zero attached hydrogens (tertiary/aromatic N) is 1. The van der Waals surface area contributed by atoms with E-state index in [1.165, 1.54) is 6.07 Å². The van der Waals surface area contributed by atoms with Crippen LogP contribution in [0.4, 0.5) is 10.1 Å². The van der Waals surface area contributed by atoms with Crippen LogP contribution in [0.3, 0.4) is 0 Å². The van der Waals surface area contributed by atoms with Crippen LogP contribution < -0.4 is 4.74 Å². The number of aromatic carboxylic acids is 1. The zero-order chi connectivity index (χ0) is 15.6. The minimum atomic E-state index is -1.22. The van der Waals surface area contributed by atoms with Crippen LogP contribution >= 0.6 is 0 Å². The Morgan fingerprint density at radius 1 is 1.48 bits per heavy atom. The lowest BCUT2D eigenvalue weighted by molar-refractivity contribution is -0.386. The molecule has 0 fully saturated rings. The lowest BCUT2D eigenvalue weighted by Gasteiger charge is -2.04. The minimum absolute atomic E-state index is 0.132. The third-order valence-electron chi connectivity index (χ3n) is 2.65. The molecule has 7 nitrogen and oxygen atoms in total. The first-order chi connectivity index (χ1) is 9.88. The molecule has 0 aliphatic rings. The van der Waals surface area contributed by atoms with Crippen LogP contribution in [0.15, 0.2) is 28.7 Å². The average Bonchev–Trinajstić information content (AvgIpc) is 2.78. The molecule has 0 saturated heterocycles. The molecule has 2 aromatic rings. The van der Waals surface area contributed by atoms with Crippen LogP contribution in [0.1, 0.15) is 21.9 Å².